The molecule has 0 spiro atoms. The molecule has 0 radical (unpaired) electrons. The molecule has 1 aliphatic rings. The number of ketones is 2. The lowest BCUT2D eigenvalue weighted by atomic mass is 9.90. The highest BCUT2D eigenvalue weighted by molar-refractivity contribution is 6.23. The molecule has 0 aliphatic heterocycles. The zero-order chi connectivity index (χ0) is 19.7. The van der Waals surface area contributed by atoms with Crippen molar-refractivity contribution in [2.45, 2.75) is 32.6 Å². The van der Waals surface area contributed by atoms with Gasteiger partial charge in [-0.15, -0.1) is 10.1 Å². The summed E-state index contributed by atoms with van der Waals surface area (Å²) in [4.78, 5) is 50.1. The van der Waals surface area contributed by atoms with Crippen molar-refractivity contribution in [3.05, 3.63) is 32.8 Å². The third-order valence-electron chi connectivity index (χ3n) is 3.65. The minimum atomic E-state index is -0.929. The summed E-state index contributed by atoms with van der Waals surface area (Å²) in [7, 11) is 2.57. The molecule has 0 atom stereocenters. The van der Waals surface area contributed by atoms with Crippen LogP contribution >= 0.6 is 0 Å². The van der Waals surface area contributed by atoms with Gasteiger partial charge in [0, 0.05) is 17.6 Å². The normalized spacial score (nSPS) is 14.4. The zero-order valence-corrected chi connectivity index (χ0v) is 14.9. The number of carbonyl (C=O) groups is 3. The number of hydrogen-bond acceptors (Lipinski definition) is 9. The molecule has 0 unspecified atom stereocenters. The first kappa shape index (κ1) is 21.1. The number of ether oxygens (including phenoxy) is 3. The van der Waals surface area contributed by atoms with Gasteiger partial charge in [-0.25, -0.2) is 0 Å². The quantitative estimate of drug-likeness (QED) is 0.173. The molecule has 0 heterocycles. The molecule has 10 heteroatoms. The van der Waals surface area contributed by atoms with E-state index < -0.39 is 22.6 Å². The van der Waals surface area contributed by atoms with E-state index in [2.05, 4.69) is 4.84 Å². The van der Waals surface area contributed by atoms with E-state index in [1.807, 2.05) is 0 Å². The van der Waals surface area contributed by atoms with Crippen LogP contribution in [0, 0.1) is 10.1 Å². The molecule has 10 nitrogen and oxygen atoms in total. The Morgan fingerprint density at radius 3 is 2.23 bits per heavy atom. The van der Waals surface area contributed by atoms with Crippen molar-refractivity contribution in [1.82, 2.24) is 0 Å². The topological polar surface area (TPSA) is 131 Å². The van der Waals surface area contributed by atoms with Crippen molar-refractivity contribution in [1.29, 1.82) is 0 Å². The molecule has 1 aliphatic carbocycles. The summed E-state index contributed by atoms with van der Waals surface area (Å²) in [6, 6.07) is 0. The van der Waals surface area contributed by atoms with Crippen LogP contribution in [0.5, 0.6) is 0 Å². The first-order valence-corrected chi connectivity index (χ1v) is 7.87. The summed E-state index contributed by atoms with van der Waals surface area (Å²) in [6.07, 6.45) is 0.722. The predicted octanol–water partition coefficient (Wildman–Crippen LogP) is 1.27. The maximum atomic E-state index is 12.4. The maximum Gasteiger partial charge on any atom is 0.305 e. The zero-order valence-electron chi connectivity index (χ0n) is 14.9. The second-order valence-electron chi connectivity index (χ2n) is 5.31. The third-order valence-corrected chi connectivity index (χ3v) is 3.65. The highest BCUT2D eigenvalue weighted by Gasteiger charge is 2.34. The highest BCUT2D eigenvalue weighted by atomic mass is 16.9. The summed E-state index contributed by atoms with van der Waals surface area (Å²) >= 11 is 0. The van der Waals surface area contributed by atoms with Gasteiger partial charge in [-0.3, -0.25) is 14.4 Å². The molecule has 0 aromatic heterocycles. The first-order valence-electron chi connectivity index (χ1n) is 7.87. The van der Waals surface area contributed by atoms with Crippen LogP contribution in [-0.2, 0) is 33.4 Å². The number of hydrogen-bond donors (Lipinski definition) is 0. The van der Waals surface area contributed by atoms with E-state index >= 15 is 0 Å². The van der Waals surface area contributed by atoms with Crippen LogP contribution in [0.4, 0.5) is 0 Å². The fraction of sp³-hybridized carbons (Fsp3) is 0.562. The number of carbonyl (C=O) groups excluding carboxylic acids is 3. The van der Waals surface area contributed by atoms with Crippen LogP contribution in [0.25, 0.3) is 0 Å². The number of esters is 1. The van der Waals surface area contributed by atoms with Crippen LogP contribution in [0.3, 0.4) is 0 Å². The Balaban J connectivity index is 2.46. The number of allylic oxidation sites excluding steroid dienone is 2. The Labute approximate surface area is 149 Å². The van der Waals surface area contributed by atoms with Gasteiger partial charge in [-0.2, -0.15) is 0 Å². The van der Waals surface area contributed by atoms with Gasteiger partial charge in [-0.1, -0.05) is 0 Å². The molecule has 0 amide bonds. The van der Waals surface area contributed by atoms with Gasteiger partial charge in [0.2, 0.25) is 23.1 Å². The predicted molar refractivity (Wildman–Crippen MR) is 86.1 cm³/mol. The molecule has 144 valence electrons. The van der Waals surface area contributed by atoms with Gasteiger partial charge in [0.05, 0.1) is 27.4 Å². The van der Waals surface area contributed by atoms with Gasteiger partial charge in [0.15, 0.2) is 0 Å². The molecule has 0 N–H and O–H groups in total. The second-order valence-corrected chi connectivity index (χ2v) is 5.31. The highest BCUT2D eigenvalue weighted by Crippen LogP contribution is 2.28. The Kier molecular flexibility index (Phi) is 8.26. The van der Waals surface area contributed by atoms with Crippen LogP contribution in [0.1, 0.15) is 32.6 Å². The van der Waals surface area contributed by atoms with E-state index in [-0.39, 0.29) is 49.6 Å². The Bertz CT molecular complexity index is 648. The lowest BCUT2D eigenvalue weighted by molar-refractivity contribution is -0.757. The monoisotopic (exact) mass is 371 g/mol. The molecule has 0 bridgehead atoms. The van der Waals surface area contributed by atoms with Crippen molar-refractivity contribution in [2.75, 3.05) is 27.4 Å². The molecule has 26 heavy (non-hydrogen) atoms. The van der Waals surface area contributed by atoms with E-state index in [1.165, 1.54) is 21.1 Å². The van der Waals surface area contributed by atoms with Crippen molar-refractivity contribution in [2.24, 2.45) is 0 Å². The summed E-state index contributed by atoms with van der Waals surface area (Å²) < 4.78 is 14.9. The summed E-state index contributed by atoms with van der Waals surface area (Å²) in [5.74, 6) is -1.62. The van der Waals surface area contributed by atoms with Crippen molar-refractivity contribution >= 4 is 17.5 Å². The summed E-state index contributed by atoms with van der Waals surface area (Å²) in [5, 5.41) is 9.03. The summed E-state index contributed by atoms with van der Waals surface area (Å²) in [6.45, 7) is 1.40. The van der Waals surface area contributed by atoms with Gasteiger partial charge in [0.25, 0.3) is 5.09 Å². The Morgan fingerprint density at radius 1 is 1.04 bits per heavy atom. The van der Waals surface area contributed by atoms with E-state index in [1.54, 1.807) is 0 Å². The molecule has 0 saturated heterocycles. The molecule has 0 aromatic carbocycles. The number of Topliss-reactive ketones (excluding diaryl/α,β-unsaturated/α-hetero) is 2. The van der Waals surface area contributed by atoms with E-state index in [0.29, 0.717) is 12.0 Å². The Morgan fingerprint density at radius 2 is 1.65 bits per heavy atom. The van der Waals surface area contributed by atoms with Gasteiger partial charge < -0.3 is 19.0 Å². The third kappa shape index (κ3) is 5.57. The number of rotatable bonds is 11. The fourth-order valence-electron chi connectivity index (χ4n) is 2.36. The van der Waals surface area contributed by atoms with Gasteiger partial charge in [0.1, 0.15) is 0 Å². The lowest BCUT2D eigenvalue weighted by Gasteiger charge is -2.20. The first-order chi connectivity index (χ1) is 12.3. The van der Waals surface area contributed by atoms with Crippen LogP contribution in [0.15, 0.2) is 22.7 Å². The minimum Gasteiger partial charge on any atom is -0.489 e. The number of nitrogens with zero attached hydrogens (tertiary/aromatic N) is 1. The van der Waals surface area contributed by atoms with Gasteiger partial charge in [-0.05, 0) is 26.2 Å². The molecule has 0 aromatic rings. The van der Waals surface area contributed by atoms with Crippen LogP contribution in [-0.4, -0.2) is 50.1 Å². The largest absolute Gasteiger partial charge is 0.489 e. The molecule has 1 rings (SSSR count). The van der Waals surface area contributed by atoms with E-state index in [9.17, 15) is 24.5 Å². The average molecular weight is 371 g/mol. The van der Waals surface area contributed by atoms with E-state index in [4.69, 9.17) is 14.2 Å². The molecule has 0 saturated carbocycles. The SMILES string of the molecule is COC1=C(OC)C(=O)C(CCCOC(=O)CCCO[N+](=O)[O-])=C(C)C1=O. The maximum absolute atomic E-state index is 12.4. The average Bonchev–Trinajstić information content (AvgIpc) is 2.60. The Hall–Kier alpha value is -2.91. The second kappa shape index (κ2) is 10.2. The van der Waals surface area contributed by atoms with Crippen molar-refractivity contribution < 1.29 is 38.5 Å². The number of methoxy groups -OCH3 is 2. The minimum absolute atomic E-state index is 0.0132. The lowest BCUT2D eigenvalue weighted by Crippen LogP contribution is -2.25. The summed E-state index contributed by atoms with van der Waals surface area (Å²) in [5.41, 5.74) is 0.569. The fourth-order valence-corrected chi connectivity index (χ4v) is 2.36. The molecular weight excluding hydrogens is 350 g/mol. The molecular formula is C16H21NO9. The van der Waals surface area contributed by atoms with Crippen molar-refractivity contribution in [3.8, 4) is 0 Å². The van der Waals surface area contributed by atoms with Crippen LogP contribution < -0.4 is 0 Å². The smallest absolute Gasteiger partial charge is 0.305 e. The standard InChI is InChI=1S/C16H21NO9/c1-10-11(14(20)16(24-3)15(23-2)13(10)19)6-4-8-25-12(18)7-5-9-26-17(21)22/h4-9H2,1-3H3. The van der Waals surface area contributed by atoms with Gasteiger partial charge >= 0.3 is 5.97 Å². The van der Waals surface area contributed by atoms with Crippen LogP contribution in [0.2, 0.25) is 0 Å². The van der Waals surface area contributed by atoms with E-state index in [0.717, 1.165) is 0 Å². The van der Waals surface area contributed by atoms with Crippen molar-refractivity contribution in [3.63, 3.8) is 0 Å². The molecule has 0 fully saturated rings.